The molecule has 22 heavy (non-hydrogen) atoms. The van der Waals surface area contributed by atoms with Crippen molar-refractivity contribution in [1.29, 1.82) is 0 Å². The largest absolute Gasteiger partial charge is 0.508 e. The molecule has 4 nitrogen and oxygen atoms in total. The van der Waals surface area contributed by atoms with E-state index in [0.29, 0.717) is 12.0 Å². The summed E-state index contributed by atoms with van der Waals surface area (Å²) in [6.07, 6.45) is 2.43. The molecule has 0 saturated heterocycles. The number of hydrogen-bond acceptors (Lipinski definition) is 3. The van der Waals surface area contributed by atoms with Crippen molar-refractivity contribution < 1.29 is 10.2 Å². The number of phenolic OH excluding ortho intramolecular Hbond substituents is 2. The topological polar surface area (TPSA) is 69.1 Å². The maximum absolute atomic E-state index is 10.3. The van der Waals surface area contributed by atoms with Crippen molar-refractivity contribution in [2.24, 2.45) is 0 Å². The lowest BCUT2D eigenvalue weighted by Crippen LogP contribution is -1.91. The molecule has 0 aliphatic carbocycles. The van der Waals surface area contributed by atoms with Gasteiger partial charge in [0, 0.05) is 21.7 Å². The molecular formula is C17H15BrN2O2. The zero-order valence-corrected chi connectivity index (χ0v) is 13.6. The van der Waals surface area contributed by atoms with Gasteiger partial charge in [0.1, 0.15) is 11.5 Å². The van der Waals surface area contributed by atoms with Gasteiger partial charge in [-0.2, -0.15) is 5.10 Å². The first-order chi connectivity index (χ1) is 10.6. The highest BCUT2D eigenvalue weighted by atomic mass is 79.9. The van der Waals surface area contributed by atoms with Gasteiger partial charge in [0.2, 0.25) is 0 Å². The Bertz CT molecular complexity index is 810. The van der Waals surface area contributed by atoms with Crippen molar-refractivity contribution in [2.75, 3.05) is 0 Å². The number of H-pyrrole nitrogens is 1. The Balaban J connectivity index is 2.19. The summed E-state index contributed by atoms with van der Waals surface area (Å²) in [6.45, 7) is 1.98. The molecule has 112 valence electrons. The highest BCUT2D eigenvalue weighted by molar-refractivity contribution is 9.10. The van der Waals surface area contributed by atoms with Gasteiger partial charge in [-0.1, -0.05) is 35.0 Å². The van der Waals surface area contributed by atoms with Crippen LogP contribution in [0, 0.1) is 0 Å². The molecule has 0 aliphatic heterocycles. The quantitative estimate of drug-likeness (QED) is 0.646. The Kier molecular flexibility index (Phi) is 3.90. The fourth-order valence-corrected chi connectivity index (χ4v) is 2.83. The standard InChI is InChI=1S/C17H15BrN2O2/c1-2-10-7-13(21)8-15(22)16(10)17-14(9-19-20-17)11-3-5-12(18)6-4-11/h3-9,21-22H,2H2,1H3,(H,19,20). The van der Waals surface area contributed by atoms with Crippen molar-refractivity contribution in [2.45, 2.75) is 13.3 Å². The van der Waals surface area contributed by atoms with Crippen molar-refractivity contribution in [3.63, 3.8) is 0 Å². The van der Waals surface area contributed by atoms with Gasteiger partial charge in [-0.15, -0.1) is 0 Å². The number of aromatic nitrogens is 2. The minimum absolute atomic E-state index is 0.0412. The molecule has 3 aromatic rings. The van der Waals surface area contributed by atoms with Gasteiger partial charge in [0.15, 0.2) is 0 Å². The number of phenols is 2. The fraction of sp³-hybridized carbons (Fsp3) is 0.118. The monoisotopic (exact) mass is 358 g/mol. The number of aromatic amines is 1. The zero-order valence-electron chi connectivity index (χ0n) is 12.0. The van der Waals surface area contributed by atoms with E-state index >= 15 is 0 Å². The van der Waals surface area contributed by atoms with E-state index in [1.54, 1.807) is 12.3 Å². The lowest BCUT2D eigenvalue weighted by atomic mass is 9.96. The van der Waals surface area contributed by atoms with E-state index in [1.807, 2.05) is 31.2 Å². The third-order valence-electron chi connectivity index (χ3n) is 3.61. The number of benzene rings is 2. The highest BCUT2D eigenvalue weighted by Gasteiger charge is 2.17. The molecule has 0 bridgehead atoms. The van der Waals surface area contributed by atoms with Crippen LogP contribution in [0.1, 0.15) is 12.5 Å². The number of nitrogens with zero attached hydrogens (tertiary/aromatic N) is 1. The first-order valence-corrected chi connectivity index (χ1v) is 7.74. The van der Waals surface area contributed by atoms with Crippen LogP contribution in [-0.2, 0) is 6.42 Å². The van der Waals surface area contributed by atoms with Crippen molar-refractivity contribution in [1.82, 2.24) is 10.2 Å². The molecule has 1 aromatic heterocycles. The molecule has 0 aliphatic rings. The van der Waals surface area contributed by atoms with Gasteiger partial charge in [0.25, 0.3) is 0 Å². The van der Waals surface area contributed by atoms with Crippen LogP contribution < -0.4 is 0 Å². The average molecular weight is 359 g/mol. The van der Waals surface area contributed by atoms with E-state index in [0.717, 1.165) is 26.9 Å². The molecule has 0 saturated carbocycles. The molecule has 5 heteroatoms. The van der Waals surface area contributed by atoms with Crippen LogP contribution in [0.25, 0.3) is 22.4 Å². The Morgan fingerprint density at radius 1 is 1.14 bits per heavy atom. The van der Waals surface area contributed by atoms with Gasteiger partial charge in [-0.05, 0) is 35.7 Å². The Morgan fingerprint density at radius 2 is 1.86 bits per heavy atom. The summed E-state index contributed by atoms with van der Waals surface area (Å²) in [5.41, 5.74) is 4.19. The van der Waals surface area contributed by atoms with Crippen LogP contribution in [0.3, 0.4) is 0 Å². The number of nitrogens with one attached hydrogen (secondary N) is 1. The Hall–Kier alpha value is -2.27. The smallest absolute Gasteiger partial charge is 0.128 e. The second kappa shape index (κ2) is 5.85. The summed E-state index contributed by atoms with van der Waals surface area (Å²) in [5, 5.41) is 27.0. The van der Waals surface area contributed by atoms with Crippen LogP contribution in [0.5, 0.6) is 11.5 Å². The molecule has 2 aromatic carbocycles. The third kappa shape index (κ3) is 2.60. The van der Waals surface area contributed by atoms with E-state index < -0.39 is 0 Å². The molecule has 0 amide bonds. The Labute approximate surface area is 136 Å². The summed E-state index contributed by atoms with van der Waals surface area (Å²) in [5.74, 6) is 0.0993. The van der Waals surface area contributed by atoms with Crippen molar-refractivity contribution >= 4 is 15.9 Å². The van der Waals surface area contributed by atoms with Crippen molar-refractivity contribution in [3.8, 4) is 33.9 Å². The molecular weight excluding hydrogens is 344 g/mol. The van der Waals surface area contributed by atoms with Gasteiger partial charge in [0.05, 0.1) is 11.9 Å². The molecule has 1 heterocycles. The van der Waals surface area contributed by atoms with E-state index in [9.17, 15) is 10.2 Å². The average Bonchev–Trinajstić information content (AvgIpc) is 2.96. The number of rotatable bonds is 3. The lowest BCUT2D eigenvalue weighted by Gasteiger charge is -2.12. The maximum Gasteiger partial charge on any atom is 0.128 e. The normalized spacial score (nSPS) is 10.8. The number of halogens is 1. The van der Waals surface area contributed by atoms with E-state index in [-0.39, 0.29) is 11.5 Å². The summed E-state index contributed by atoms with van der Waals surface area (Å²) >= 11 is 3.42. The second-order valence-electron chi connectivity index (χ2n) is 5.02. The summed E-state index contributed by atoms with van der Waals surface area (Å²) in [6, 6.07) is 10.9. The lowest BCUT2D eigenvalue weighted by molar-refractivity contribution is 0.450. The minimum Gasteiger partial charge on any atom is -0.508 e. The maximum atomic E-state index is 10.3. The fourth-order valence-electron chi connectivity index (χ4n) is 2.56. The summed E-state index contributed by atoms with van der Waals surface area (Å²) in [7, 11) is 0. The predicted octanol–water partition coefficient (Wildman–Crippen LogP) is 4.48. The van der Waals surface area contributed by atoms with Crippen molar-refractivity contribution in [3.05, 3.63) is 52.6 Å². The zero-order chi connectivity index (χ0) is 15.7. The van der Waals surface area contributed by atoms with E-state index in [4.69, 9.17) is 0 Å². The van der Waals surface area contributed by atoms with Gasteiger partial charge in [-0.3, -0.25) is 5.10 Å². The molecule has 0 fully saturated rings. The molecule has 0 atom stereocenters. The molecule has 3 rings (SSSR count). The van der Waals surface area contributed by atoms with Crippen LogP contribution in [0.4, 0.5) is 0 Å². The van der Waals surface area contributed by atoms with Gasteiger partial charge >= 0.3 is 0 Å². The second-order valence-corrected chi connectivity index (χ2v) is 5.93. The first-order valence-electron chi connectivity index (χ1n) is 6.94. The summed E-state index contributed by atoms with van der Waals surface area (Å²) < 4.78 is 1.00. The number of aromatic hydroxyl groups is 2. The third-order valence-corrected chi connectivity index (χ3v) is 4.14. The van der Waals surface area contributed by atoms with E-state index in [1.165, 1.54) is 6.07 Å². The minimum atomic E-state index is 0.0412. The summed E-state index contributed by atoms with van der Waals surface area (Å²) in [4.78, 5) is 0. The van der Waals surface area contributed by atoms with Crippen LogP contribution in [-0.4, -0.2) is 20.4 Å². The SMILES string of the molecule is CCc1cc(O)cc(O)c1-c1[nH]ncc1-c1ccc(Br)cc1. The molecule has 3 N–H and O–H groups in total. The van der Waals surface area contributed by atoms with Crippen LogP contribution in [0.15, 0.2) is 47.1 Å². The van der Waals surface area contributed by atoms with Gasteiger partial charge < -0.3 is 10.2 Å². The first kappa shape index (κ1) is 14.7. The molecule has 0 radical (unpaired) electrons. The van der Waals surface area contributed by atoms with Crippen LogP contribution >= 0.6 is 15.9 Å². The predicted molar refractivity (Wildman–Crippen MR) is 89.9 cm³/mol. The van der Waals surface area contributed by atoms with Crippen LogP contribution in [0.2, 0.25) is 0 Å². The molecule has 0 unspecified atom stereocenters. The van der Waals surface area contributed by atoms with E-state index in [2.05, 4.69) is 26.1 Å². The number of aryl methyl sites for hydroxylation is 1. The highest BCUT2D eigenvalue weighted by Crippen LogP contribution is 2.40. The molecule has 0 spiro atoms. The van der Waals surface area contributed by atoms with Gasteiger partial charge in [-0.25, -0.2) is 0 Å². The Morgan fingerprint density at radius 3 is 2.55 bits per heavy atom. The number of hydrogen-bond donors (Lipinski definition) is 3.